The van der Waals surface area contributed by atoms with E-state index in [1.165, 1.54) is 36.5 Å². The van der Waals surface area contributed by atoms with Gasteiger partial charge in [0.15, 0.2) is 0 Å². The van der Waals surface area contributed by atoms with E-state index < -0.39 is 0 Å². The van der Waals surface area contributed by atoms with Crippen LogP contribution >= 0.6 is 22.7 Å². The van der Waals surface area contributed by atoms with Crippen molar-refractivity contribution in [3.8, 4) is 0 Å². The third-order valence-electron chi connectivity index (χ3n) is 3.62. The fraction of sp³-hybridized carbons (Fsp3) is 0.500. The van der Waals surface area contributed by atoms with E-state index in [0.717, 1.165) is 29.3 Å². The summed E-state index contributed by atoms with van der Waals surface area (Å²) < 4.78 is 0. The summed E-state index contributed by atoms with van der Waals surface area (Å²) in [5, 5.41) is 24.7. The number of nitrogens with zero attached hydrogens (tertiary/aromatic N) is 4. The van der Waals surface area contributed by atoms with E-state index in [1.54, 1.807) is 0 Å². The fourth-order valence-corrected chi connectivity index (χ4v) is 4.47. The summed E-state index contributed by atoms with van der Waals surface area (Å²) in [4.78, 5) is 22.2. The number of amides is 2. The zero-order valence-corrected chi connectivity index (χ0v) is 14.9. The molecule has 24 heavy (non-hydrogen) atoms. The van der Waals surface area contributed by atoms with E-state index >= 15 is 0 Å². The molecule has 0 spiro atoms. The van der Waals surface area contributed by atoms with Gasteiger partial charge >= 0.3 is 0 Å². The molecule has 0 aromatic carbocycles. The molecule has 0 bridgehead atoms. The molecule has 2 N–H and O–H groups in total. The van der Waals surface area contributed by atoms with Gasteiger partial charge in [0, 0.05) is 13.8 Å². The lowest BCUT2D eigenvalue weighted by molar-refractivity contribution is -0.115. The van der Waals surface area contributed by atoms with Crippen molar-refractivity contribution in [1.82, 2.24) is 20.4 Å². The molecule has 0 unspecified atom stereocenters. The number of anilines is 2. The second-order valence-corrected chi connectivity index (χ2v) is 7.66. The Balaban J connectivity index is 1.67. The molecule has 1 saturated carbocycles. The molecule has 0 aliphatic heterocycles. The van der Waals surface area contributed by atoms with Crippen LogP contribution in [0.5, 0.6) is 0 Å². The SMILES string of the molecule is CC(=O)Nc1nnc([C@H]2C[CH+]C[C@H](c3nnc(NC(C)=O)s3)C2)s1. The predicted octanol–water partition coefficient (Wildman–Crippen LogP) is 2.56. The number of aromatic nitrogens is 4. The third-order valence-corrected chi connectivity index (χ3v) is 5.62. The molecule has 8 nitrogen and oxygen atoms in total. The first-order chi connectivity index (χ1) is 11.5. The Hall–Kier alpha value is -2.07. The zero-order valence-electron chi connectivity index (χ0n) is 13.3. The minimum absolute atomic E-state index is 0.148. The maximum absolute atomic E-state index is 11.1. The number of hydrogen-bond donors (Lipinski definition) is 2. The van der Waals surface area contributed by atoms with Crippen molar-refractivity contribution in [2.24, 2.45) is 0 Å². The van der Waals surface area contributed by atoms with Crippen LogP contribution in [0.25, 0.3) is 0 Å². The second kappa shape index (κ2) is 7.22. The molecule has 126 valence electrons. The standard InChI is InChI=1S/C14H16N6O2S2/c1-7(21)15-13-19-17-11(23-13)9-4-3-5-10(6-9)12-18-20-14(24-12)16-8(2)22/h3,9-10H,4-6H2,1-2H3,(H-,15,16,19,20,21,22)/p+1/t9-,10-/m0/s1. The van der Waals surface area contributed by atoms with Gasteiger partial charge < -0.3 is 10.6 Å². The molecule has 1 aliphatic rings. The Kier molecular flexibility index (Phi) is 5.05. The van der Waals surface area contributed by atoms with Gasteiger partial charge in [0.2, 0.25) is 22.1 Å². The summed E-state index contributed by atoms with van der Waals surface area (Å²) in [5.74, 6) is 0.226. The summed E-state index contributed by atoms with van der Waals surface area (Å²) in [6.07, 6.45) is 5.00. The molecule has 0 saturated heterocycles. The van der Waals surface area contributed by atoms with Crippen molar-refractivity contribution in [2.45, 2.75) is 44.9 Å². The molecule has 1 aliphatic carbocycles. The fourth-order valence-electron chi connectivity index (χ4n) is 2.64. The van der Waals surface area contributed by atoms with Gasteiger partial charge in [-0.1, -0.05) is 22.7 Å². The highest BCUT2D eigenvalue weighted by molar-refractivity contribution is 7.15. The van der Waals surface area contributed by atoms with Crippen molar-refractivity contribution in [2.75, 3.05) is 10.6 Å². The molecule has 2 aromatic rings. The maximum atomic E-state index is 11.1. The van der Waals surface area contributed by atoms with Gasteiger partial charge in [0.1, 0.15) is 10.0 Å². The summed E-state index contributed by atoms with van der Waals surface area (Å²) in [6.45, 7) is 2.90. The van der Waals surface area contributed by atoms with Gasteiger partial charge in [0.25, 0.3) is 0 Å². The van der Waals surface area contributed by atoms with Gasteiger partial charge in [0.05, 0.1) is 31.1 Å². The number of carbonyl (C=O) groups excluding carboxylic acids is 2. The van der Waals surface area contributed by atoms with Crippen LogP contribution in [0.15, 0.2) is 0 Å². The summed E-state index contributed by atoms with van der Waals surface area (Å²) in [7, 11) is 0. The Bertz CT molecular complexity index is 683. The molecule has 2 amide bonds. The first kappa shape index (κ1) is 16.8. The number of hydrogen-bond acceptors (Lipinski definition) is 8. The van der Waals surface area contributed by atoms with Crippen LogP contribution in [-0.2, 0) is 9.59 Å². The van der Waals surface area contributed by atoms with Crippen molar-refractivity contribution in [1.29, 1.82) is 0 Å². The maximum Gasteiger partial charge on any atom is 0.223 e. The normalized spacial score (nSPS) is 20.2. The van der Waals surface area contributed by atoms with Gasteiger partial charge in [-0.05, 0) is 6.42 Å². The highest BCUT2D eigenvalue weighted by Crippen LogP contribution is 2.43. The van der Waals surface area contributed by atoms with E-state index in [1.807, 2.05) is 0 Å². The Morgan fingerprint density at radius 2 is 1.38 bits per heavy atom. The van der Waals surface area contributed by atoms with Crippen LogP contribution in [0.2, 0.25) is 0 Å². The molecule has 2 aromatic heterocycles. The summed E-state index contributed by atoms with van der Waals surface area (Å²) in [6, 6.07) is 0. The highest BCUT2D eigenvalue weighted by Gasteiger charge is 2.34. The average Bonchev–Trinajstić information content (AvgIpc) is 3.16. The van der Waals surface area contributed by atoms with Crippen LogP contribution in [0, 0.1) is 6.42 Å². The number of rotatable bonds is 4. The average molecular weight is 365 g/mol. The minimum atomic E-state index is -0.148. The van der Waals surface area contributed by atoms with Crippen LogP contribution in [0.1, 0.15) is 55.0 Å². The third kappa shape index (κ3) is 4.06. The second-order valence-electron chi connectivity index (χ2n) is 5.64. The number of carbonyl (C=O) groups is 2. The van der Waals surface area contributed by atoms with E-state index in [-0.39, 0.29) is 23.7 Å². The van der Waals surface area contributed by atoms with Crippen LogP contribution in [-0.4, -0.2) is 32.2 Å². The van der Waals surface area contributed by atoms with Gasteiger partial charge in [-0.25, -0.2) is 0 Å². The molecule has 1 fully saturated rings. The highest BCUT2D eigenvalue weighted by atomic mass is 32.1. The van der Waals surface area contributed by atoms with Crippen molar-refractivity contribution in [3.63, 3.8) is 0 Å². The van der Waals surface area contributed by atoms with Crippen molar-refractivity contribution < 1.29 is 9.59 Å². The minimum Gasteiger partial charge on any atom is -0.301 e. The largest absolute Gasteiger partial charge is 0.301 e. The molecule has 2 atom stereocenters. The predicted molar refractivity (Wildman–Crippen MR) is 92.1 cm³/mol. The Labute approximate surface area is 147 Å². The topological polar surface area (TPSA) is 110 Å². The molecular weight excluding hydrogens is 348 g/mol. The first-order valence-electron chi connectivity index (χ1n) is 7.55. The lowest BCUT2D eigenvalue weighted by atomic mass is 9.82. The van der Waals surface area contributed by atoms with Gasteiger partial charge in [-0.2, -0.15) is 0 Å². The molecule has 3 rings (SSSR count). The van der Waals surface area contributed by atoms with Gasteiger partial charge in [-0.15, -0.1) is 20.4 Å². The van der Waals surface area contributed by atoms with Crippen LogP contribution < -0.4 is 10.6 Å². The van der Waals surface area contributed by atoms with E-state index in [4.69, 9.17) is 0 Å². The lowest BCUT2D eigenvalue weighted by Crippen LogP contribution is -2.13. The van der Waals surface area contributed by atoms with E-state index in [2.05, 4.69) is 37.4 Å². The zero-order chi connectivity index (χ0) is 17.1. The van der Waals surface area contributed by atoms with E-state index in [0.29, 0.717) is 10.3 Å². The van der Waals surface area contributed by atoms with Crippen molar-refractivity contribution >= 4 is 44.8 Å². The summed E-state index contributed by atoms with van der Waals surface area (Å²) in [5.41, 5.74) is 0. The van der Waals surface area contributed by atoms with E-state index in [9.17, 15) is 9.59 Å². The monoisotopic (exact) mass is 365 g/mol. The van der Waals surface area contributed by atoms with Crippen LogP contribution in [0.4, 0.5) is 10.3 Å². The van der Waals surface area contributed by atoms with Gasteiger partial charge in [-0.3, -0.25) is 9.59 Å². The Morgan fingerprint density at radius 3 is 1.79 bits per heavy atom. The smallest absolute Gasteiger partial charge is 0.223 e. The number of nitrogens with one attached hydrogen (secondary N) is 2. The van der Waals surface area contributed by atoms with Crippen molar-refractivity contribution in [3.05, 3.63) is 16.4 Å². The lowest BCUT2D eigenvalue weighted by Gasteiger charge is -2.20. The van der Waals surface area contributed by atoms with Crippen LogP contribution in [0.3, 0.4) is 0 Å². The quantitative estimate of drug-likeness (QED) is 0.806. The first-order valence-corrected chi connectivity index (χ1v) is 9.18. The molecule has 2 heterocycles. The Morgan fingerprint density at radius 1 is 0.917 bits per heavy atom. The summed E-state index contributed by atoms with van der Waals surface area (Å²) >= 11 is 2.83. The molecular formula is C14H17N6O2S2+. The molecule has 10 heteroatoms. The molecule has 0 radical (unpaired) electrons.